The monoisotopic (exact) mass is 446 g/mol. The standard InChI is InChI=1S/C20H27FO2.HI/c1-4-6-14(13(3)21)12-15-8-9-16-17(7-5-2)19(22)11-10-18(16)20(15)23;/h4,6,12,16-19,22H,1,3,5,7-11H2,2H3;1H/b14-6-,15-12+;. The first-order valence-corrected chi connectivity index (χ1v) is 8.59. The number of carbonyl (C=O) groups is 1. The molecule has 2 nitrogen and oxygen atoms in total. The van der Waals surface area contributed by atoms with Gasteiger partial charge in [0.2, 0.25) is 0 Å². The van der Waals surface area contributed by atoms with Crippen LogP contribution in [-0.2, 0) is 4.79 Å². The van der Waals surface area contributed by atoms with E-state index in [9.17, 15) is 14.3 Å². The van der Waals surface area contributed by atoms with Crippen LogP contribution in [0, 0.1) is 17.8 Å². The summed E-state index contributed by atoms with van der Waals surface area (Å²) in [6, 6.07) is 0. The topological polar surface area (TPSA) is 37.3 Å². The summed E-state index contributed by atoms with van der Waals surface area (Å²) in [6.45, 7) is 9.01. The quantitative estimate of drug-likeness (QED) is 0.354. The van der Waals surface area contributed by atoms with Crippen molar-refractivity contribution in [1.82, 2.24) is 0 Å². The second-order valence-corrected chi connectivity index (χ2v) is 6.70. The van der Waals surface area contributed by atoms with Crippen LogP contribution in [0.4, 0.5) is 4.39 Å². The van der Waals surface area contributed by atoms with Crippen LogP contribution in [0.2, 0.25) is 0 Å². The maximum Gasteiger partial charge on any atom is 0.162 e. The van der Waals surface area contributed by atoms with Gasteiger partial charge in [-0.2, -0.15) is 0 Å². The van der Waals surface area contributed by atoms with E-state index in [2.05, 4.69) is 20.1 Å². The Morgan fingerprint density at radius 3 is 2.67 bits per heavy atom. The van der Waals surface area contributed by atoms with Crippen molar-refractivity contribution in [2.75, 3.05) is 0 Å². The lowest BCUT2D eigenvalue weighted by atomic mass is 9.62. The Bertz CT molecular complexity index is 550. The number of rotatable bonds is 5. The molecule has 0 aromatic rings. The largest absolute Gasteiger partial charge is 0.393 e. The zero-order valence-corrected chi connectivity index (χ0v) is 16.7. The lowest BCUT2D eigenvalue weighted by Gasteiger charge is -2.43. The number of hydrogen-bond donors (Lipinski definition) is 1. The summed E-state index contributed by atoms with van der Waals surface area (Å²) < 4.78 is 13.5. The Morgan fingerprint density at radius 2 is 2.08 bits per heavy atom. The van der Waals surface area contributed by atoms with Gasteiger partial charge in [-0.25, -0.2) is 4.39 Å². The molecule has 2 aliphatic rings. The summed E-state index contributed by atoms with van der Waals surface area (Å²) in [7, 11) is 0. The summed E-state index contributed by atoms with van der Waals surface area (Å²) in [5.41, 5.74) is 1.01. The van der Waals surface area contributed by atoms with Crippen LogP contribution in [0.1, 0.15) is 45.4 Å². The minimum Gasteiger partial charge on any atom is -0.393 e. The molecule has 0 aliphatic heterocycles. The second kappa shape index (κ2) is 9.66. The van der Waals surface area contributed by atoms with Gasteiger partial charge < -0.3 is 5.11 Å². The van der Waals surface area contributed by atoms with Gasteiger partial charge in [-0.1, -0.05) is 38.7 Å². The smallest absolute Gasteiger partial charge is 0.162 e. The molecule has 0 heterocycles. The molecule has 0 amide bonds. The summed E-state index contributed by atoms with van der Waals surface area (Å²) in [6.07, 6.45) is 9.35. The van der Waals surface area contributed by atoms with Crippen molar-refractivity contribution in [2.45, 2.75) is 51.6 Å². The predicted octanol–water partition coefficient (Wildman–Crippen LogP) is 5.29. The van der Waals surface area contributed by atoms with Gasteiger partial charge in [-0.3, -0.25) is 4.79 Å². The van der Waals surface area contributed by atoms with E-state index < -0.39 is 5.83 Å². The first-order chi connectivity index (χ1) is 11.0. The van der Waals surface area contributed by atoms with E-state index in [0.717, 1.165) is 25.7 Å². The molecule has 0 aromatic carbocycles. The Balaban J connectivity index is 0.00000288. The van der Waals surface area contributed by atoms with E-state index >= 15 is 0 Å². The van der Waals surface area contributed by atoms with Gasteiger partial charge in [-0.15, -0.1) is 24.0 Å². The normalized spacial score (nSPS) is 32.0. The first kappa shape index (κ1) is 21.3. The third-order valence-corrected chi connectivity index (χ3v) is 5.30. The van der Waals surface area contributed by atoms with Crippen LogP contribution in [0.25, 0.3) is 0 Å². The molecule has 2 rings (SSSR count). The predicted molar refractivity (Wildman–Crippen MR) is 107 cm³/mol. The SMILES string of the molecule is C=C/C=C(/C=C1\CCC2C(CCC(O)C2CCC)C1=O)C(=C)F.I. The van der Waals surface area contributed by atoms with Gasteiger partial charge in [0.1, 0.15) is 5.83 Å². The van der Waals surface area contributed by atoms with Gasteiger partial charge in [0.15, 0.2) is 5.78 Å². The average molecular weight is 446 g/mol. The van der Waals surface area contributed by atoms with Gasteiger partial charge >= 0.3 is 0 Å². The van der Waals surface area contributed by atoms with E-state index in [1.807, 2.05) is 0 Å². The molecule has 0 radical (unpaired) electrons. The van der Waals surface area contributed by atoms with E-state index in [1.165, 1.54) is 6.08 Å². The zero-order valence-electron chi connectivity index (χ0n) is 14.3. The molecular weight excluding hydrogens is 418 g/mol. The lowest BCUT2D eigenvalue weighted by Crippen LogP contribution is -2.44. The Hall–Kier alpha value is -0.750. The highest BCUT2D eigenvalue weighted by Crippen LogP contribution is 2.45. The van der Waals surface area contributed by atoms with Gasteiger partial charge in [-0.05, 0) is 55.6 Å². The van der Waals surface area contributed by atoms with Crippen LogP contribution < -0.4 is 0 Å². The highest BCUT2D eigenvalue weighted by Gasteiger charge is 2.44. The van der Waals surface area contributed by atoms with Crippen molar-refractivity contribution in [3.05, 3.63) is 48.4 Å². The van der Waals surface area contributed by atoms with E-state index in [0.29, 0.717) is 24.0 Å². The summed E-state index contributed by atoms with van der Waals surface area (Å²) in [4.78, 5) is 12.8. The molecule has 0 spiro atoms. The van der Waals surface area contributed by atoms with Crippen LogP contribution >= 0.6 is 24.0 Å². The average Bonchev–Trinajstić information content (AvgIpc) is 2.52. The number of Topliss-reactive ketones (excluding diaryl/α,β-unsaturated/α-hetero) is 1. The highest BCUT2D eigenvalue weighted by molar-refractivity contribution is 14.0. The zero-order chi connectivity index (χ0) is 17.0. The Morgan fingerprint density at radius 1 is 1.38 bits per heavy atom. The summed E-state index contributed by atoms with van der Waals surface area (Å²) in [5, 5.41) is 10.3. The van der Waals surface area contributed by atoms with E-state index in [4.69, 9.17) is 0 Å². The fourth-order valence-electron chi connectivity index (χ4n) is 4.20. The van der Waals surface area contributed by atoms with Crippen molar-refractivity contribution < 1.29 is 14.3 Å². The number of fused-ring (bicyclic) bond motifs is 1. The summed E-state index contributed by atoms with van der Waals surface area (Å²) >= 11 is 0. The Kier molecular flexibility index (Phi) is 8.57. The van der Waals surface area contributed by atoms with Crippen LogP contribution in [-0.4, -0.2) is 17.0 Å². The minimum absolute atomic E-state index is 0. The maximum absolute atomic E-state index is 13.5. The number of aliphatic hydroxyl groups excluding tert-OH is 1. The summed E-state index contributed by atoms with van der Waals surface area (Å²) in [5.74, 6) is 0.0564. The molecule has 134 valence electrons. The fourth-order valence-corrected chi connectivity index (χ4v) is 4.20. The number of aliphatic hydroxyl groups is 1. The van der Waals surface area contributed by atoms with Gasteiger partial charge in [0.25, 0.3) is 0 Å². The van der Waals surface area contributed by atoms with Crippen molar-refractivity contribution in [2.24, 2.45) is 17.8 Å². The number of ketones is 1. The fraction of sp³-hybridized carbons (Fsp3) is 0.550. The first-order valence-electron chi connectivity index (χ1n) is 8.59. The van der Waals surface area contributed by atoms with Crippen molar-refractivity contribution in [3.8, 4) is 0 Å². The van der Waals surface area contributed by atoms with Crippen LogP contribution in [0.15, 0.2) is 48.4 Å². The van der Waals surface area contributed by atoms with E-state index in [-0.39, 0.29) is 53.6 Å². The number of halogens is 2. The second-order valence-electron chi connectivity index (χ2n) is 6.70. The van der Waals surface area contributed by atoms with Gasteiger partial charge in [0.05, 0.1) is 6.10 Å². The number of hydrogen-bond acceptors (Lipinski definition) is 2. The molecule has 4 unspecified atom stereocenters. The van der Waals surface area contributed by atoms with Crippen LogP contribution in [0.5, 0.6) is 0 Å². The molecule has 0 aromatic heterocycles. The molecule has 1 N–H and O–H groups in total. The third-order valence-electron chi connectivity index (χ3n) is 5.30. The molecule has 4 heteroatoms. The number of carbonyl (C=O) groups excluding carboxylic acids is 1. The van der Waals surface area contributed by atoms with Crippen LogP contribution in [0.3, 0.4) is 0 Å². The van der Waals surface area contributed by atoms with Gasteiger partial charge in [0, 0.05) is 11.5 Å². The molecule has 4 atom stereocenters. The maximum atomic E-state index is 13.5. The molecule has 24 heavy (non-hydrogen) atoms. The molecule has 2 fully saturated rings. The molecular formula is C20H28FIO2. The molecule has 2 saturated carbocycles. The van der Waals surface area contributed by atoms with Crippen molar-refractivity contribution in [3.63, 3.8) is 0 Å². The highest BCUT2D eigenvalue weighted by atomic mass is 127. The molecule has 0 saturated heterocycles. The van der Waals surface area contributed by atoms with Crippen molar-refractivity contribution in [1.29, 1.82) is 0 Å². The van der Waals surface area contributed by atoms with E-state index in [1.54, 1.807) is 12.2 Å². The molecule has 0 bridgehead atoms. The number of allylic oxidation sites excluding steroid dienone is 6. The Labute approximate surface area is 161 Å². The van der Waals surface area contributed by atoms with Crippen molar-refractivity contribution >= 4 is 29.8 Å². The molecule has 2 aliphatic carbocycles. The third kappa shape index (κ3) is 4.66. The lowest BCUT2D eigenvalue weighted by molar-refractivity contribution is -0.127. The minimum atomic E-state index is -0.546.